The van der Waals surface area contributed by atoms with Gasteiger partial charge in [-0.2, -0.15) is 0 Å². The lowest BCUT2D eigenvalue weighted by atomic mass is 9.69. The third-order valence-corrected chi connectivity index (χ3v) is 7.48. The number of carbonyl (C=O) groups is 3. The minimum absolute atomic E-state index is 0.161. The lowest BCUT2D eigenvalue weighted by molar-refractivity contribution is -0.156. The van der Waals surface area contributed by atoms with E-state index in [2.05, 4.69) is 5.32 Å². The summed E-state index contributed by atoms with van der Waals surface area (Å²) in [5, 5.41) is 13.6. The number of likely N-dealkylation sites (tertiary alicyclic amines) is 1. The Hall–Kier alpha value is -2.38. The van der Waals surface area contributed by atoms with Crippen LogP contribution >= 0.6 is 11.6 Å². The molecular formula is C27H37ClN2O5. The molecule has 0 saturated carbocycles. The Bertz CT molecular complexity index is 958. The number of aryl methyl sites for hydroxylation is 1. The van der Waals surface area contributed by atoms with Gasteiger partial charge in [0.1, 0.15) is 6.04 Å². The summed E-state index contributed by atoms with van der Waals surface area (Å²) in [4.78, 5) is 42.3. The molecule has 3 rings (SSSR count). The van der Waals surface area contributed by atoms with Crippen LogP contribution in [0.1, 0.15) is 46.1 Å². The summed E-state index contributed by atoms with van der Waals surface area (Å²) < 4.78 is 5.37. The van der Waals surface area contributed by atoms with Gasteiger partial charge in [0.2, 0.25) is 11.8 Å². The Morgan fingerprint density at radius 2 is 1.94 bits per heavy atom. The van der Waals surface area contributed by atoms with Crippen molar-refractivity contribution >= 4 is 35.1 Å². The molecule has 0 radical (unpaired) electrons. The summed E-state index contributed by atoms with van der Waals surface area (Å²) in [6, 6.07) is 3.92. The quantitative estimate of drug-likeness (QED) is 0.388. The molecule has 1 aliphatic heterocycles. The number of amides is 2. The van der Waals surface area contributed by atoms with E-state index in [1.165, 1.54) is 4.90 Å². The van der Waals surface area contributed by atoms with Crippen LogP contribution < -0.4 is 5.32 Å². The van der Waals surface area contributed by atoms with Gasteiger partial charge in [-0.05, 0) is 50.2 Å². The SMILES string of the molecule is CCOC(=O)[C@H]1[C@H]2C(=O)N([C@@H](CO)CC(C)C)[C@H](C(=O)Nc3c(C)cccc3Cl)[C@H]2C=C[C@H]1CC. The Morgan fingerprint density at radius 3 is 2.51 bits per heavy atom. The predicted molar refractivity (Wildman–Crippen MR) is 136 cm³/mol. The number of hydrogen-bond donors (Lipinski definition) is 2. The van der Waals surface area contributed by atoms with Crippen molar-refractivity contribution in [1.29, 1.82) is 0 Å². The van der Waals surface area contributed by atoms with Gasteiger partial charge in [-0.1, -0.05) is 56.7 Å². The van der Waals surface area contributed by atoms with Crippen molar-refractivity contribution in [2.24, 2.45) is 29.6 Å². The van der Waals surface area contributed by atoms with Crippen molar-refractivity contribution in [3.63, 3.8) is 0 Å². The van der Waals surface area contributed by atoms with Gasteiger partial charge >= 0.3 is 5.97 Å². The van der Waals surface area contributed by atoms with Crippen LogP contribution in [-0.2, 0) is 19.1 Å². The number of allylic oxidation sites excluding steroid dienone is 1. The van der Waals surface area contributed by atoms with Gasteiger partial charge < -0.3 is 20.1 Å². The van der Waals surface area contributed by atoms with Gasteiger partial charge in [0.15, 0.2) is 0 Å². The second-order valence-electron chi connectivity index (χ2n) is 9.92. The van der Waals surface area contributed by atoms with E-state index in [1.807, 2.05) is 45.9 Å². The van der Waals surface area contributed by atoms with Crippen LogP contribution in [0.2, 0.25) is 5.02 Å². The maximum absolute atomic E-state index is 14.0. The molecule has 0 bridgehead atoms. The van der Waals surface area contributed by atoms with Gasteiger partial charge in [0.25, 0.3) is 0 Å². The molecule has 2 N–H and O–H groups in total. The number of hydrogen-bond acceptors (Lipinski definition) is 5. The van der Waals surface area contributed by atoms with E-state index in [-0.39, 0.29) is 36.9 Å². The number of carbonyl (C=O) groups excluding carboxylic acids is 3. The van der Waals surface area contributed by atoms with E-state index in [4.69, 9.17) is 16.3 Å². The first-order valence-electron chi connectivity index (χ1n) is 12.5. The Balaban J connectivity index is 2.08. The molecule has 2 amide bonds. The summed E-state index contributed by atoms with van der Waals surface area (Å²) in [6.07, 6.45) is 5.04. The Morgan fingerprint density at radius 1 is 1.23 bits per heavy atom. The lowest BCUT2D eigenvalue weighted by Crippen LogP contribution is -2.51. The number of ether oxygens (including phenoxy) is 1. The fraction of sp³-hybridized carbons (Fsp3) is 0.593. The molecule has 192 valence electrons. The largest absolute Gasteiger partial charge is 0.466 e. The van der Waals surface area contributed by atoms with Crippen LogP contribution in [-0.4, -0.2) is 53.1 Å². The van der Waals surface area contributed by atoms with Gasteiger partial charge in [-0.15, -0.1) is 0 Å². The van der Waals surface area contributed by atoms with E-state index in [0.717, 1.165) is 5.56 Å². The molecule has 0 unspecified atom stereocenters. The van der Waals surface area contributed by atoms with E-state index in [9.17, 15) is 19.5 Å². The first kappa shape index (κ1) is 27.2. The van der Waals surface area contributed by atoms with Crippen molar-refractivity contribution in [3.05, 3.63) is 40.9 Å². The fourth-order valence-corrected chi connectivity index (χ4v) is 5.87. The van der Waals surface area contributed by atoms with Crippen molar-refractivity contribution in [3.8, 4) is 0 Å². The van der Waals surface area contributed by atoms with Crippen molar-refractivity contribution in [2.75, 3.05) is 18.5 Å². The van der Waals surface area contributed by atoms with E-state index >= 15 is 0 Å². The number of fused-ring (bicyclic) bond motifs is 1. The third-order valence-electron chi connectivity index (χ3n) is 7.16. The molecule has 2 aliphatic rings. The summed E-state index contributed by atoms with van der Waals surface area (Å²) in [5.74, 6) is -2.99. The highest BCUT2D eigenvalue weighted by Gasteiger charge is 2.58. The van der Waals surface area contributed by atoms with Crippen molar-refractivity contribution in [1.82, 2.24) is 4.90 Å². The number of nitrogens with one attached hydrogen (secondary N) is 1. The smallest absolute Gasteiger partial charge is 0.310 e. The van der Waals surface area contributed by atoms with E-state index < -0.39 is 35.8 Å². The molecule has 6 atom stereocenters. The number of rotatable bonds is 9. The van der Waals surface area contributed by atoms with Gasteiger partial charge in [-0.3, -0.25) is 14.4 Å². The van der Waals surface area contributed by atoms with Gasteiger partial charge in [0, 0.05) is 5.92 Å². The first-order valence-corrected chi connectivity index (χ1v) is 12.9. The molecule has 1 fully saturated rings. The lowest BCUT2D eigenvalue weighted by Gasteiger charge is -2.34. The van der Waals surface area contributed by atoms with Crippen LogP contribution in [0, 0.1) is 36.5 Å². The third kappa shape index (κ3) is 5.41. The molecule has 35 heavy (non-hydrogen) atoms. The molecule has 8 heteroatoms. The van der Waals surface area contributed by atoms with Crippen molar-refractivity contribution < 1.29 is 24.2 Å². The average molecular weight is 505 g/mol. The zero-order valence-corrected chi connectivity index (χ0v) is 21.9. The summed E-state index contributed by atoms with van der Waals surface area (Å²) in [6.45, 7) is 9.51. The van der Waals surface area contributed by atoms with Crippen LogP contribution in [0.5, 0.6) is 0 Å². The predicted octanol–water partition coefficient (Wildman–Crippen LogP) is 4.21. The molecule has 0 spiro atoms. The second kappa shape index (κ2) is 11.6. The molecule has 0 aromatic heterocycles. The first-order chi connectivity index (χ1) is 16.7. The van der Waals surface area contributed by atoms with Crippen LogP contribution in [0.3, 0.4) is 0 Å². The highest BCUT2D eigenvalue weighted by atomic mass is 35.5. The van der Waals surface area contributed by atoms with Gasteiger partial charge in [0.05, 0.1) is 41.8 Å². The molecule has 1 aliphatic carbocycles. The summed E-state index contributed by atoms with van der Waals surface area (Å²) in [5.41, 5.74) is 1.29. The number of nitrogens with zero attached hydrogens (tertiary/aromatic N) is 1. The zero-order chi connectivity index (χ0) is 25.9. The zero-order valence-electron chi connectivity index (χ0n) is 21.2. The Kier molecular flexibility index (Phi) is 9.00. The molecule has 7 nitrogen and oxygen atoms in total. The normalized spacial score (nSPS) is 26.6. The fourth-order valence-electron chi connectivity index (χ4n) is 5.60. The highest BCUT2D eigenvalue weighted by molar-refractivity contribution is 6.34. The van der Waals surface area contributed by atoms with Crippen LogP contribution in [0.25, 0.3) is 0 Å². The average Bonchev–Trinajstić information content (AvgIpc) is 3.11. The van der Waals surface area contributed by atoms with Crippen LogP contribution in [0.15, 0.2) is 30.4 Å². The molecular weight excluding hydrogens is 468 g/mol. The molecule has 1 saturated heterocycles. The monoisotopic (exact) mass is 504 g/mol. The minimum atomic E-state index is -0.884. The van der Waals surface area contributed by atoms with Crippen LogP contribution in [0.4, 0.5) is 5.69 Å². The topological polar surface area (TPSA) is 95.9 Å². The highest BCUT2D eigenvalue weighted by Crippen LogP contribution is 2.46. The number of para-hydroxylation sites is 1. The number of esters is 1. The Labute approximate surface area is 212 Å². The summed E-state index contributed by atoms with van der Waals surface area (Å²) >= 11 is 6.37. The second-order valence-corrected chi connectivity index (χ2v) is 10.3. The molecule has 1 aromatic rings. The number of anilines is 1. The standard InChI is InChI=1S/C27H37ClN2O5/c1-6-17-11-12-19-22(21(17)27(34)35-7-2)26(33)30(18(14-31)13-15(3)4)24(19)25(32)29-23-16(5)9-8-10-20(23)28/h8-12,15,17-19,21-22,24,31H,6-7,13-14H2,1-5H3,(H,29,32)/t17-,18-,19+,21-,22+,24+/m1/s1. The maximum Gasteiger partial charge on any atom is 0.310 e. The maximum atomic E-state index is 14.0. The number of aliphatic hydroxyl groups excluding tert-OH is 1. The number of halogens is 1. The number of benzene rings is 1. The van der Waals surface area contributed by atoms with E-state index in [0.29, 0.717) is 23.6 Å². The van der Waals surface area contributed by atoms with Crippen molar-refractivity contribution in [2.45, 2.75) is 59.5 Å². The minimum Gasteiger partial charge on any atom is -0.466 e. The van der Waals surface area contributed by atoms with E-state index in [1.54, 1.807) is 19.1 Å². The molecule has 1 heterocycles. The number of aliphatic hydroxyl groups is 1. The summed E-state index contributed by atoms with van der Waals surface area (Å²) in [7, 11) is 0. The van der Waals surface area contributed by atoms with Gasteiger partial charge in [-0.25, -0.2) is 0 Å². The molecule has 1 aromatic carbocycles.